The van der Waals surface area contributed by atoms with Crippen molar-refractivity contribution in [2.75, 3.05) is 4.90 Å². The van der Waals surface area contributed by atoms with Crippen molar-refractivity contribution in [1.29, 1.82) is 0 Å². The van der Waals surface area contributed by atoms with Crippen molar-refractivity contribution >= 4 is 27.8 Å². The fourth-order valence-electron chi connectivity index (χ4n) is 8.01. The molecular formula is C49H37N. The molecule has 0 N–H and O–H groups in total. The summed E-state index contributed by atoms with van der Waals surface area (Å²) in [5.41, 5.74) is 16.0. The Morgan fingerprint density at radius 2 is 0.940 bits per heavy atom. The van der Waals surface area contributed by atoms with Crippen LogP contribution in [0.1, 0.15) is 25.0 Å². The average Bonchev–Trinajstić information content (AvgIpc) is 3.41. The van der Waals surface area contributed by atoms with Crippen molar-refractivity contribution < 1.29 is 0 Å². The van der Waals surface area contributed by atoms with Gasteiger partial charge in [0.15, 0.2) is 0 Å². The molecule has 9 rings (SSSR count). The van der Waals surface area contributed by atoms with Crippen molar-refractivity contribution in [3.05, 3.63) is 199 Å². The molecule has 1 heteroatoms. The van der Waals surface area contributed by atoms with Crippen LogP contribution in [0.25, 0.3) is 55.3 Å². The minimum atomic E-state index is -0.0619. The van der Waals surface area contributed by atoms with Crippen LogP contribution in [0.3, 0.4) is 0 Å². The Morgan fingerprint density at radius 3 is 1.74 bits per heavy atom. The lowest BCUT2D eigenvalue weighted by molar-refractivity contribution is 0.660. The molecule has 0 spiro atoms. The molecule has 0 saturated carbocycles. The van der Waals surface area contributed by atoms with Crippen LogP contribution in [0, 0.1) is 0 Å². The van der Waals surface area contributed by atoms with Crippen molar-refractivity contribution in [2.24, 2.45) is 0 Å². The van der Waals surface area contributed by atoms with Crippen molar-refractivity contribution in [3.63, 3.8) is 0 Å². The number of hydrogen-bond acceptors (Lipinski definition) is 1. The van der Waals surface area contributed by atoms with Crippen molar-refractivity contribution in [1.82, 2.24) is 0 Å². The van der Waals surface area contributed by atoms with E-state index in [1.54, 1.807) is 0 Å². The number of benzene rings is 8. The zero-order valence-electron chi connectivity index (χ0n) is 28.3. The van der Waals surface area contributed by atoms with Crippen LogP contribution < -0.4 is 4.90 Å². The summed E-state index contributed by atoms with van der Waals surface area (Å²) in [7, 11) is 0. The second kappa shape index (κ2) is 12.1. The van der Waals surface area contributed by atoms with E-state index in [1.165, 1.54) is 66.4 Å². The van der Waals surface area contributed by atoms with Crippen LogP contribution in [0.4, 0.5) is 17.1 Å². The average molecular weight is 640 g/mol. The molecule has 0 aliphatic heterocycles. The monoisotopic (exact) mass is 639 g/mol. The Balaban J connectivity index is 1.33. The number of anilines is 3. The van der Waals surface area contributed by atoms with Crippen LogP contribution in [0.5, 0.6) is 0 Å². The van der Waals surface area contributed by atoms with Gasteiger partial charge in [-0.2, -0.15) is 0 Å². The topological polar surface area (TPSA) is 3.24 Å². The largest absolute Gasteiger partial charge is 0.309 e. The molecule has 8 aromatic rings. The molecule has 1 aliphatic rings. The van der Waals surface area contributed by atoms with E-state index < -0.39 is 0 Å². The normalized spacial score (nSPS) is 12.8. The highest BCUT2D eigenvalue weighted by Gasteiger charge is 2.35. The molecular weight excluding hydrogens is 603 g/mol. The van der Waals surface area contributed by atoms with Crippen molar-refractivity contribution in [3.8, 4) is 44.5 Å². The Kier molecular flexibility index (Phi) is 7.21. The van der Waals surface area contributed by atoms with Gasteiger partial charge in [0.1, 0.15) is 0 Å². The summed E-state index contributed by atoms with van der Waals surface area (Å²) in [6.45, 7) is 4.70. The van der Waals surface area contributed by atoms with E-state index in [4.69, 9.17) is 0 Å². The third-order valence-corrected chi connectivity index (χ3v) is 10.5. The molecule has 0 atom stereocenters. The third kappa shape index (κ3) is 4.94. The molecule has 0 unspecified atom stereocenters. The molecule has 8 aromatic carbocycles. The first-order valence-electron chi connectivity index (χ1n) is 17.4. The fourth-order valence-corrected chi connectivity index (χ4v) is 8.01. The SMILES string of the molecule is CC1(C)c2ccccc2-c2cc(N(c3cccc(-c4ccccc4)c3-c3ccc(-c4ccccc4)cc3)c3cccc4ccccc34)ccc21. The van der Waals surface area contributed by atoms with E-state index in [-0.39, 0.29) is 5.41 Å². The zero-order chi connectivity index (χ0) is 33.7. The lowest BCUT2D eigenvalue weighted by Crippen LogP contribution is -2.15. The Labute approximate surface area is 294 Å². The van der Waals surface area contributed by atoms with Gasteiger partial charge < -0.3 is 4.90 Å². The van der Waals surface area contributed by atoms with Crippen LogP contribution in [0.2, 0.25) is 0 Å². The quantitative estimate of drug-likeness (QED) is 0.175. The summed E-state index contributed by atoms with van der Waals surface area (Å²) >= 11 is 0. The van der Waals surface area contributed by atoms with Gasteiger partial charge in [-0.15, -0.1) is 0 Å². The second-order valence-electron chi connectivity index (χ2n) is 13.7. The molecule has 0 saturated heterocycles. The van der Waals surface area contributed by atoms with Gasteiger partial charge in [0.05, 0.1) is 11.4 Å². The van der Waals surface area contributed by atoms with Gasteiger partial charge >= 0.3 is 0 Å². The summed E-state index contributed by atoms with van der Waals surface area (Å²) in [6, 6.07) is 68.7. The van der Waals surface area contributed by atoms with E-state index in [0.29, 0.717) is 0 Å². The number of rotatable bonds is 6. The zero-order valence-corrected chi connectivity index (χ0v) is 28.3. The van der Waals surface area contributed by atoms with E-state index in [2.05, 4.69) is 207 Å². The minimum Gasteiger partial charge on any atom is -0.309 e. The lowest BCUT2D eigenvalue weighted by Gasteiger charge is -2.31. The summed E-state index contributed by atoms with van der Waals surface area (Å²) in [4.78, 5) is 2.49. The van der Waals surface area contributed by atoms with Gasteiger partial charge in [0.2, 0.25) is 0 Å². The highest BCUT2D eigenvalue weighted by Crippen LogP contribution is 2.52. The van der Waals surface area contributed by atoms with Gasteiger partial charge in [0.25, 0.3) is 0 Å². The first kappa shape index (κ1) is 29.9. The van der Waals surface area contributed by atoms with Crippen LogP contribution in [-0.4, -0.2) is 0 Å². The van der Waals surface area contributed by atoms with Crippen LogP contribution in [-0.2, 0) is 5.41 Å². The maximum absolute atomic E-state index is 2.49. The standard InChI is InChI=1S/C49H37N/c1-49(2)44-24-12-11-22-42(44)43-33-39(31-32-45(43)49)50(46-25-13-20-36-19-9-10-21-40(36)46)47-26-14-23-41(37-17-7-4-8-18-37)48(47)38-29-27-35(28-30-38)34-15-5-3-6-16-34/h3-33H,1-2H3. The summed E-state index contributed by atoms with van der Waals surface area (Å²) in [5.74, 6) is 0. The molecule has 1 nitrogen and oxygen atoms in total. The predicted molar refractivity (Wildman–Crippen MR) is 213 cm³/mol. The predicted octanol–water partition coefficient (Wildman–Crippen LogP) is 13.6. The minimum absolute atomic E-state index is 0.0619. The van der Waals surface area contributed by atoms with E-state index in [1.807, 2.05) is 0 Å². The lowest BCUT2D eigenvalue weighted by atomic mass is 9.82. The third-order valence-electron chi connectivity index (χ3n) is 10.5. The fraction of sp³-hybridized carbons (Fsp3) is 0.0612. The Bertz CT molecular complexity index is 2490. The molecule has 0 aromatic heterocycles. The summed E-state index contributed by atoms with van der Waals surface area (Å²) in [5, 5.41) is 2.43. The summed E-state index contributed by atoms with van der Waals surface area (Å²) in [6.07, 6.45) is 0. The highest BCUT2D eigenvalue weighted by molar-refractivity contribution is 6.04. The van der Waals surface area contributed by atoms with E-state index in [0.717, 1.165) is 17.1 Å². The number of fused-ring (bicyclic) bond motifs is 4. The first-order valence-corrected chi connectivity index (χ1v) is 17.4. The molecule has 0 radical (unpaired) electrons. The maximum atomic E-state index is 2.49. The number of nitrogens with zero attached hydrogens (tertiary/aromatic N) is 1. The summed E-state index contributed by atoms with van der Waals surface area (Å²) < 4.78 is 0. The molecule has 0 heterocycles. The second-order valence-corrected chi connectivity index (χ2v) is 13.7. The van der Waals surface area contributed by atoms with Gasteiger partial charge in [-0.25, -0.2) is 0 Å². The number of hydrogen-bond donors (Lipinski definition) is 0. The molecule has 50 heavy (non-hydrogen) atoms. The molecule has 0 bridgehead atoms. The Morgan fingerprint density at radius 1 is 0.380 bits per heavy atom. The van der Waals surface area contributed by atoms with Crippen LogP contribution >= 0.6 is 0 Å². The molecule has 0 amide bonds. The first-order chi connectivity index (χ1) is 24.6. The van der Waals surface area contributed by atoms with E-state index >= 15 is 0 Å². The molecule has 0 fully saturated rings. The van der Waals surface area contributed by atoms with Gasteiger partial charge in [-0.05, 0) is 79.7 Å². The Hall–Kier alpha value is -6.18. The van der Waals surface area contributed by atoms with Gasteiger partial charge in [-0.1, -0.05) is 178 Å². The smallest absolute Gasteiger partial charge is 0.0546 e. The maximum Gasteiger partial charge on any atom is 0.0546 e. The van der Waals surface area contributed by atoms with E-state index in [9.17, 15) is 0 Å². The molecule has 1 aliphatic carbocycles. The highest BCUT2D eigenvalue weighted by atomic mass is 15.1. The van der Waals surface area contributed by atoms with Crippen LogP contribution in [0.15, 0.2) is 188 Å². The van der Waals surface area contributed by atoms with Gasteiger partial charge in [-0.3, -0.25) is 0 Å². The van der Waals surface area contributed by atoms with Gasteiger partial charge in [0, 0.05) is 22.1 Å². The van der Waals surface area contributed by atoms with Crippen molar-refractivity contribution in [2.45, 2.75) is 19.3 Å². The molecule has 238 valence electrons.